The van der Waals surface area contributed by atoms with Crippen molar-refractivity contribution in [1.82, 2.24) is 14.7 Å². The van der Waals surface area contributed by atoms with E-state index in [1.54, 1.807) is 65.2 Å². The van der Waals surface area contributed by atoms with E-state index >= 15 is 0 Å². The van der Waals surface area contributed by atoms with Gasteiger partial charge in [0, 0.05) is 6.20 Å². The average Bonchev–Trinajstić information content (AvgIpc) is 3.36. The van der Waals surface area contributed by atoms with Crippen LogP contribution in [0.5, 0.6) is 0 Å². The van der Waals surface area contributed by atoms with Crippen molar-refractivity contribution in [3.8, 4) is 0 Å². The van der Waals surface area contributed by atoms with Gasteiger partial charge in [-0.3, -0.25) is 14.0 Å². The molecule has 0 unspecified atom stereocenters. The standard InChI is InChI=1S/C20H15ClN4O3/c21-14-7-1-2-8-15(14)23-19(26)17-16-9-3-4-10-25(16)18(24-17)20(27)22-12-13-6-5-11-28-13/h1-11H,12H2,(H,22,27)(H,23,26). The van der Waals surface area contributed by atoms with Crippen LogP contribution in [0, 0.1) is 0 Å². The molecular weight excluding hydrogens is 380 g/mol. The monoisotopic (exact) mass is 394 g/mol. The lowest BCUT2D eigenvalue weighted by Gasteiger charge is -2.05. The Hall–Kier alpha value is -3.58. The van der Waals surface area contributed by atoms with Crippen molar-refractivity contribution in [1.29, 1.82) is 0 Å². The van der Waals surface area contributed by atoms with E-state index in [0.717, 1.165) is 0 Å². The summed E-state index contributed by atoms with van der Waals surface area (Å²) in [6, 6.07) is 15.6. The molecule has 3 aromatic heterocycles. The first-order chi connectivity index (χ1) is 13.6. The Bertz CT molecular complexity index is 1150. The van der Waals surface area contributed by atoms with E-state index in [0.29, 0.717) is 22.0 Å². The molecule has 0 atom stereocenters. The lowest BCUT2D eigenvalue weighted by molar-refractivity contribution is 0.0937. The van der Waals surface area contributed by atoms with Gasteiger partial charge in [0.15, 0.2) is 5.69 Å². The Morgan fingerprint density at radius 1 is 1.04 bits per heavy atom. The highest BCUT2D eigenvalue weighted by molar-refractivity contribution is 6.34. The van der Waals surface area contributed by atoms with Gasteiger partial charge in [-0.15, -0.1) is 0 Å². The van der Waals surface area contributed by atoms with Crippen LogP contribution in [0.15, 0.2) is 71.5 Å². The van der Waals surface area contributed by atoms with Gasteiger partial charge in [-0.2, -0.15) is 0 Å². The molecule has 4 aromatic rings. The highest BCUT2D eigenvalue weighted by Crippen LogP contribution is 2.22. The molecule has 0 radical (unpaired) electrons. The molecule has 0 spiro atoms. The van der Waals surface area contributed by atoms with Crippen LogP contribution in [-0.4, -0.2) is 21.2 Å². The molecule has 2 N–H and O–H groups in total. The number of hydrogen-bond donors (Lipinski definition) is 2. The zero-order chi connectivity index (χ0) is 19.5. The minimum absolute atomic E-state index is 0.103. The van der Waals surface area contributed by atoms with Gasteiger partial charge >= 0.3 is 0 Å². The van der Waals surface area contributed by atoms with Gasteiger partial charge in [0.25, 0.3) is 11.8 Å². The van der Waals surface area contributed by atoms with Gasteiger partial charge in [-0.25, -0.2) is 4.98 Å². The maximum absolute atomic E-state index is 12.8. The predicted molar refractivity (Wildman–Crippen MR) is 104 cm³/mol. The van der Waals surface area contributed by atoms with Crippen LogP contribution in [0.2, 0.25) is 5.02 Å². The molecule has 0 aliphatic rings. The van der Waals surface area contributed by atoms with Crippen molar-refractivity contribution in [2.24, 2.45) is 0 Å². The number of aromatic nitrogens is 2. The van der Waals surface area contributed by atoms with Crippen LogP contribution in [0.4, 0.5) is 5.69 Å². The number of halogens is 1. The van der Waals surface area contributed by atoms with Gasteiger partial charge in [-0.05, 0) is 36.4 Å². The number of benzene rings is 1. The molecular formula is C20H15ClN4O3. The lowest BCUT2D eigenvalue weighted by atomic mass is 10.3. The number of pyridine rings is 1. The Morgan fingerprint density at radius 2 is 1.86 bits per heavy atom. The third-order valence-electron chi connectivity index (χ3n) is 4.09. The van der Waals surface area contributed by atoms with Gasteiger partial charge < -0.3 is 15.1 Å². The van der Waals surface area contributed by atoms with Gasteiger partial charge in [0.1, 0.15) is 5.76 Å². The molecule has 4 rings (SSSR count). The highest BCUT2D eigenvalue weighted by atomic mass is 35.5. The number of rotatable bonds is 5. The van der Waals surface area contributed by atoms with Gasteiger partial charge in [-0.1, -0.05) is 29.8 Å². The number of nitrogens with zero attached hydrogens (tertiary/aromatic N) is 2. The third kappa shape index (κ3) is 3.47. The maximum Gasteiger partial charge on any atom is 0.288 e. The van der Waals surface area contributed by atoms with Crippen LogP contribution in [0.3, 0.4) is 0 Å². The summed E-state index contributed by atoms with van der Waals surface area (Å²) in [7, 11) is 0. The highest BCUT2D eigenvalue weighted by Gasteiger charge is 2.22. The third-order valence-corrected chi connectivity index (χ3v) is 4.42. The van der Waals surface area contributed by atoms with E-state index in [2.05, 4.69) is 15.6 Å². The van der Waals surface area contributed by atoms with Crippen LogP contribution < -0.4 is 10.6 Å². The zero-order valence-electron chi connectivity index (χ0n) is 14.6. The number of fused-ring (bicyclic) bond motifs is 1. The Balaban J connectivity index is 1.63. The minimum Gasteiger partial charge on any atom is -0.467 e. The summed E-state index contributed by atoms with van der Waals surface area (Å²) in [5.74, 6) is -0.159. The molecule has 140 valence electrons. The van der Waals surface area contributed by atoms with Crippen LogP contribution in [-0.2, 0) is 6.54 Å². The Kier molecular flexibility index (Phi) is 4.82. The zero-order valence-corrected chi connectivity index (χ0v) is 15.3. The number of carbonyl (C=O) groups is 2. The quantitative estimate of drug-likeness (QED) is 0.539. The van der Waals surface area contributed by atoms with Crippen molar-refractivity contribution in [2.75, 3.05) is 5.32 Å². The second kappa shape index (κ2) is 7.58. The topological polar surface area (TPSA) is 88.6 Å². The molecule has 1 aromatic carbocycles. The molecule has 8 heteroatoms. The summed E-state index contributed by atoms with van der Waals surface area (Å²) in [6.07, 6.45) is 3.21. The summed E-state index contributed by atoms with van der Waals surface area (Å²) < 4.78 is 6.78. The lowest BCUT2D eigenvalue weighted by Crippen LogP contribution is -2.25. The summed E-state index contributed by atoms with van der Waals surface area (Å²) >= 11 is 6.11. The van der Waals surface area contributed by atoms with E-state index in [4.69, 9.17) is 16.0 Å². The van der Waals surface area contributed by atoms with E-state index in [1.807, 2.05) is 0 Å². The fourth-order valence-electron chi connectivity index (χ4n) is 2.77. The maximum atomic E-state index is 12.8. The van der Waals surface area contributed by atoms with E-state index in [1.165, 1.54) is 6.26 Å². The molecule has 0 aliphatic carbocycles. The second-order valence-electron chi connectivity index (χ2n) is 5.94. The number of amides is 2. The average molecular weight is 395 g/mol. The summed E-state index contributed by atoms with van der Waals surface area (Å²) in [5.41, 5.74) is 1.11. The van der Waals surface area contributed by atoms with Crippen LogP contribution in [0.1, 0.15) is 26.9 Å². The first-order valence-corrected chi connectivity index (χ1v) is 8.85. The normalized spacial score (nSPS) is 10.8. The molecule has 7 nitrogen and oxygen atoms in total. The second-order valence-corrected chi connectivity index (χ2v) is 6.34. The molecule has 0 fully saturated rings. The van der Waals surface area contributed by atoms with Crippen molar-refractivity contribution in [3.63, 3.8) is 0 Å². The van der Waals surface area contributed by atoms with Crippen molar-refractivity contribution >= 4 is 34.6 Å². The molecule has 2 amide bonds. The number of nitrogens with one attached hydrogen (secondary N) is 2. The number of anilines is 1. The summed E-state index contributed by atoms with van der Waals surface area (Å²) in [5, 5.41) is 5.88. The molecule has 0 bridgehead atoms. The van der Waals surface area contributed by atoms with Crippen molar-refractivity contribution in [3.05, 3.63) is 89.4 Å². The summed E-state index contributed by atoms with van der Waals surface area (Å²) in [6.45, 7) is 0.217. The first kappa shape index (κ1) is 17.8. The number of carbonyl (C=O) groups excluding carboxylic acids is 2. The molecule has 0 saturated carbocycles. The fourth-order valence-corrected chi connectivity index (χ4v) is 2.95. The predicted octanol–water partition coefficient (Wildman–Crippen LogP) is 3.76. The smallest absolute Gasteiger partial charge is 0.288 e. The fraction of sp³-hybridized carbons (Fsp3) is 0.0500. The van der Waals surface area contributed by atoms with E-state index in [-0.39, 0.29) is 18.1 Å². The molecule has 28 heavy (non-hydrogen) atoms. The number of furan rings is 1. The molecule has 3 heterocycles. The SMILES string of the molecule is O=C(Nc1ccccc1Cl)c1nc(C(=O)NCc2ccco2)n2ccccc12. The largest absolute Gasteiger partial charge is 0.467 e. The van der Waals surface area contributed by atoms with Gasteiger partial charge in [0.05, 0.1) is 29.0 Å². The number of hydrogen-bond acceptors (Lipinski definition) is 4. The minimum atomic E-state index is -0.457. The number of imidazole rings is 1. The molecule has 0 saturated heterocycles. The van der Waals surface area contributed by atoms with Crippen LogP contribution in [0.25, 0.3) is 5.52 Å². The van der Waals surface area contributed by atoms with Crippen molar-refractivity contribution < 1.29 is 14.0 Å². The Labute approximate surface area is 164 Å². The Morgan fingerprint density at radius 3 is 2.64 bits per heavy atom. The number of para-hydroxylation sites is 1. The van der Waals surface area contributed by atoms with Crippen molar-refractivity contribution in [2.45, 2.75) is 6.54 Å². The molecule has 0 aliphatic heterocycles. The van der Waals surface area contributed by atoms with Crippen LogP contribution >= 0.6 is 11.6 Å². The summed E-state index contributed by atoms with van der Waals surface area (Å²) in [4.78, 5) is 29.7. The van der Waals surface area contributed by atoms with Gasteiger partial charge in [0.2, 0.25) is 5.82 Å². The van der Waals surface area contributed by atoms with E-state index in [9.17, 15) is 9.59 Å². The van der Waals surface area contributed by atoms with E-state index < -0.39 is 11.8 Å². The first-order valence-electron chi connectivity index (χ1n) is 8.47.